The Bertz CT molecular complexity index is 549. The van der Waals surface area contributed by atoms with Crippen molar-refractivity contribution in [2.45, 2.75) is 64.2 Å². The molecule has 3 heteroatoms. The fourth-order valence-corrected chi connectivity index (χ4v) is 4.31. The van der Waals surface area contributed by atoms with Crippen LogP contribution in [0.4, 0.5) is 8.78 Å². The molecule has 22 heavy (non-hydrogen) atoms. The molecule has 1 nitrogen and oxygen atoms in total. The summed E-state index contributed by atoms with van der Waals surface area (Å²) in [6.45, 7) is 1.60. The molecule has 0 spiro atoms. The van der Waals surface area contributed by atoms with Crippen LogP contribution in [0.25, 0.3) is 0 Å². The molecule has 0 saturated heterocycles. The highest BCUT2D eigenvalue weighted by Crippen LogP contribution is 2.43. The predicted molar refractivity (Wildman–Crippen MR) is 82.8 cm³/mol. The lowest BCUT2D eigenvalue weighted by Gasteiger charge is -2.35. The lowest BCUT2D eigenvalue weighted by atomic mass is 9.69. The van der Waals surface area contributed by atoms with Crippen molar-refractivity contribution in [3.63, 3.8) is 0 Å². The normalized spacial score (nSPS) is 27.1. The third-order valence-corrected chi connectivity index (χ3v) is 5.77. The maximum Gasteiger partial charge on any atom is 0.162 e. The van der Waals surface area contributed by atoms with Gasteiger partial charge in [0.1, 0.15) is 5.78 Å². The molecule has 0 N–H and O–H groups in total. The monoisotopic (exact) mass is 306 g/mol. The number of carbonyl (C=O) groups excluding carboxylic acids is 1. The van der Waals surface area contributed by atoms with Crippen LogP contribution in [0, 0.1) is 30.4 Å². The Morgan fingerprint density at radius 1 is 0.864 bits per heavy atom. The minimum Gasteiger partial charge on any atom is -0.300 e. The van der Waals surface area contributed by atoms with Crippen LogP contribution in [-0.4, -0.2) is 5.78 Å². The summed E-state index contributed by atoms with van der Waals surface area (Å²) in [7, 11) is 0. The molecule has 2 saturated carbocycles. The minimum atomic E-state index is -0.689. The molecule has 2 fully saturated rings. The Hall–Kier alpha value is -1.25. The van der Waals surface area contributed by atoms with Crippen LogP contribution in [0.3, 0.4) is 0 Å². The average molecular weight is 306 g/mol. The highest BCUT2D eigenvalue weighted by Gasteiger charge is 2.31. The van der Waals surface area contributed by atoms with Crippen LogP contribution < -0.4 is 0 Å². The maximum absolute atomic E-state index is 14.1. The van der Waals surface area contributed by atoms with E-state index in [-0.39, 0.29) is 5.92 Å². The molecule has 0 heterocycles. The molecule has 0 aliphatic heterocycles. The Morgan fingerprint density at radius 2 is 1.45 bits per heavy atom. The molecule has 0 aromatic heterocycles. The fourth-order valence-electron chi connectivity index (χ4n) is 4.31. The number of rotatable bonds is 2. The smallest absolute Gasteiger partial charge is 0.162 e. The molecule has 0 atom stereocenters. The van der Waals surface area contributed by atoms with E-state index in [4.69, 9.17) is 0 Å². The number of aryl methyl sites for hydroxylation is 1. The Labute approximate surface area is 131 Å². The largest absolute Gasteiger partial charge is 0.300 e. The third-order valence-electron chi connectivity index (χ3n) is 5.77. The number of hydrogen-bond donors (Lipinski definition) is 0. The second kappa shape index (κ2) is 6.47. The second-order valence-electron chi connectivity index (χ2n) is 7.09. The Kier molecular flexibility index (Phi) is 4.60. The topological polar surface area (TPSA) is 17.1 Å². The summed E-state index contributed by atoms with van der Waals surface area (Å²) in [5.41, 5.74) is 0.933. The van der Waals surface area contributed by atoms with Crippen molar-refractivity contribution in [1.29, 1.82) is 0 Å². The van der Waals surface area contributed by atoms with E-state index < -0.39 is 11.6 Å². The molecule has 0 bridgehead atoms. The standard InChI is InChI=1S/C19H24F2O/c1-12-2-11-17(19(21)18(12)20)15-5-3-13(4-6-15)14-7-9-16(22)10-8-14/h2,11,13-15H,3-10H2,1H3. The van der Waals surface area contributed by atoms with Crippen molar-refractivity contribution in [1.82, 2.24) is 0 Å². The maximum atomic E-state index is 14.1. The van der Waals surface area contributed by atoms with Crippen molar-refractivity contribution in [3.05, 3.63) is 34.9 Å². The molecule has 0 amide bonds. The molecule has 3 rings (SSSR count). The van der Waals surface area contributed by atoms with E-state index in [9.17, 15) is 13.6 Å². The number of hydrogen-bond acceptors (Lipinski definition) is 1. The van der Waals surface area contributed by atoms with Gasteiger partial charge in [0.15, 0.2) is 11.6 Å². The summed E-state index contributed by atoms with van der Waals surface area (Å²) in [5.74, 6) is 0.553. The van der Waals surface area contributed by atoms with Gasteiger partial charge in [-0.15, -0.1) is 0 Å². The van der Waals surface area contributed by atoms with Crippen molar-refractivity contribution in [2.24, 2.45) is 11.8 Å². The van der Waals surface area contributed by atoms with Crippen LogP contribution in [0.2, 0.25) is 0 Å². The van der Waals surface area contributed by atoms with Gasteiger partial charge in [0.05, 0.1) is 0 Å². The lowest BCUT2D eigenvalue weighted by molar-refractivity contribution is -0.121. The summed E-state index contributed by atoms with van der Waals surface area (Å²) >= 11 is 0. The van der Waals surface area contributed by atoms with E-state index in [0.29, 0.717) is 28.7 Å². The zero-order valence-electron chi connectivity index (χ0n) is 13.2. The number of Topliss-reactive ketones (excluding diaryl/α,β-unsaturated/α-hetero) is 1. The van der Waals surface area contributed by atoms with Gasteiger partial charge in [0.25, 0.3) is 0 Å². The first-order valence-electron chi connectivity index (χ1n) is 8.52. The van der Waals surface area contributed by atoms with Crippen LogP contribution in [0.15, 0.2) is 12.1 Å². The van der Waals surface area contributed by atoms with Gasteiger partial charge < -0.3 is 0 Å². The first kappa shape index (κ1) is 15.6. The molecule has 0 radical (unpaired) electrons. The summed E-state index contributed by atoms with van der Waals surface area (Å²) in [6.07, 6.45) is 7.58. The van der Waals surface area contributed by atoms with E-state index in [1.165, 1.54) is 0 Å². The number of benzene rings is 1. The average Bonchev–Trinajstić information content (AvgIpc) is 2.54. The molecule has 2 aliphatic rings. The van der Waals surface area contributed by atoms with Crippen molar-refractivity contribution < 1.29 is 13.6 Å². The summed E-state index contributed by atoms with van der Waals surface area (Å²) in [4.78, 5) is 11.3. The summed E-state index contributed by atoms with van der Waals surface area (Å²) in [5, 5.41) is 0. The zero-order chi connectivity index (χ0) is 15.7. The van der Waals surface area contributed by atoms with Crippen LogP contribution in [0.1, 0.15) is 68.4 Å². The van der Waals surface area contributed by atoms with E-state index in [0.717, 1.165) is 51.4 Å². The van der Waals surface area contributed by atoms with Gasteiger partial charge in [-0.05, 0) is 74.3 Å². The van der Waals surface area contributed by atoms with Crippen LogP contribution in [-0.2, 0) is 4.79 Å². The van der Waals surface area contributed by atoms with Crippen LogP contribution in [0.5, 0.6) is 0 Å². The van der Waals surface area contributed by atoms with Gasteiger partial charge in [-0.3, -0.25) is 4.79 Å². The minimum absolute atomic E-state index is 0.150. The van der Waals surface area contributed by atoms with Gasteiger partial charge in [-0.2, -0.15) is 0 Å². The van der Waals surface area contributed by atoms with Gasteiger partial charge >= 0.3 is 0 Å². The quantitative estimate of drug-likeness (QED) is 0.724. The van der Waals surface area contributed by atoms with Crippen molar-refractivity contribution in [3.8, 4) is 0 Å². The van der Waals surface area contributed by atoms with Gasteiger partial charge in [0, 0.05) is 12.8 Å². The molecule has 0 unspecified atom stereocenters. The predicted octanol–water partition coefficient (Wildman–Crippen LogP) is 5.31. The third kappa shape index (κ3) is 3.09. The number of carbonyl (C=O) groups is 1. The number of halogens is 2. The Morgan fingerprint density at radius 3 is 2.09 bits per heavy atom. The highest BCUT2D eigenvalue weighted by atomic mass is 19.2. The van der Waals surface area contributed by atoms with Gasteiger partial charge in [-0.25, -0.2) is 8.78 Å². The molecule has 120 valence electrons. The van der Waals surface area contributed by atoms with Gasteiger partial charge in [0.2, 0.25) is 0 Å². The summed E-state index contributed by atoms with van der Waals surface area (Å²) < 4.78 is 27.9. The van der Waals surface area contributed by atoms with E-state index in [1.807, 2.05) is 0 Å². The SMILES string of the molecule is Cc1ccc(C2CCC(C3CCC(=O)CC3)CC2)c(F)c1F. The molecule has 2 aliphatic carbocycles. The first-order valence-corrected chi connectivity index (χ1v) is 8.52. The van der Waals surface area contributed by atoms with Crippen molar-refractivity contribution >= 4 is 5.78 Å². The van der Waals surface area contributed by atoms with E-state index in [2.05, 4.69) is 0 Å². The molecule has 1 aromatic rings. The van der Waals surface area contributed by atoms with E-state index >= 15 is 0 Å². The van der Waals surface area contributed by atoms with Crippen LogP contribution >= 0.6 is 0 Å². The lowest BCUT2D eigenvalue weighted by Crippen LogP contribution is -2.25. The van der Waals surface area contributed by atoms with Gasteiger partial charge in [-0.1, -0.05) is 12.1 Å². The zero-order valence-corrected chi connectivity index (χ0v) is 13.2. The van der Waals surface area contributed by atoms with E-state index in [1.54, 1.807) is 19.1 Å². The summed E-state index contributed by atoms with van der Waals surface area (Å²) in [6, 6.07) is 3.45. The Balaban J connectivity index is 1.62. The highest BCUT2D eigenvalue weighted by molar-refractivity contribution is 5.79. The number of ketones is 1. The molecular weight excluding hydrogens is 282 g/mol. The fraction of sp³-hybridized carbons (Fsp3) is 0.632. The van der Waals surface area contributed by atoms with Crippen molar-refractivity contribution in [2.75, 3.05) is 0 Å². The first-order chi connectivity index (χ1) is 10.6. The molecule has 1 aromatic carbocycles. The second-order valence-corrected chi connectivity index (χ2v) is 7.09. The molecular formula is C19H24F2O.